The van der Waals surface area contributed by atoms with Crippen LogP contribution in [0.25, 0.3) is 0 Å². The first-order valence-corrected chi connectivity index (χ1v) is 7.36. The highest BCUT2D eigenvalue weighted by Crippen LogP contribution is 2.32. The molecule has 1 aliphatic carbocycles. The summed E-state index contributed by atoms with van der Waals surface area (Å²) in [5.74, 6) is -0.621. The van der Waals surface area contributed by atoms with Gasteiger partial charge in [-0.15, -0.1) is 0 Å². The van der Waals surface area contributed by atoms with Crippen LogP contribution in [0.5, 0.6) is 0 Å². The van der Waals surface area contributed by atoms with Crippen molar-refractivity contribution in [3.05, 3.63) is 0 Å². The van der Waals surface area contributed by atoms with Crippen molar-refractivity contribution in [3.8, 4) is 0 Å². The zero-order valence-electron chi connectivity index (χ0n) is 12.1. The predicted molar refractivity (Wildman–Crippen MR) is 73.5 cm³/mol. The van der Waals surface area contributed by atoms with Crippen molar-refractivity contribution in [2.75, 3.05) is 6.61 Å². The Morgan fingerprint density at radius 2 is 2.05 bits per heavy atom. The van der Waals surface area contributed by atoms with Gasteiger partial charge in [-0.25, -0.2) is 9.59 Å². The lowest BCUT2D eigenvalue weighted by atomic mass is 9.76. The fraction of sp³-hybridized carbons (Fsp3) is 0.857. The number of aliphatic carboxylic acids is 1. The Bertz CT molecular complexity index is 387. The smallest absolute Gasteiger partial charge is 0.329 e. The molecule has 0 bridgehead atoms. The average molecular weight is 284 g/mol. The molecule has 114 valence electrons. The molecular weight excluding hydrogens is 260 g/mol. The first-order chi connectivity index (χ1) is 9.43. The standard InChI is InChI=1S/C14H24N2O4/c1-9-4-3-6-14(8-9,12(17)18)16-13(19)15-11-5-7-20-10(11)2/h9-11H,3-8H2,1-2H3,(H,17,18)(H2,15,16,19). The lowest BCUT2D eigenvalue weighted by Gasteiger charge is -2.37. The molecule has 6 nitrogen and oxygen atoms in total. The molecular formula is C14H24N2O4. The van der Waals surface area contributed by atoms with Gasteiger partial charge in [-0.3, -0.25) is 0 Å². The van der Waals surface area contributed by atoms with Gasteiger partial charge in [0.05, 0.1) is 12.1 Å². The number of amides is 2. The molecule has 0 aromatic rings. The molecule has 1 saturated carbocycles. The summed E-state index contributed by atoms with van der Waals surface area (Å²) in [5.41, 5.74) is -1.12. The Hall–Kier alpha value is -1.30. The van der Waals surface area contributed by atoms with Gasteiger partial charge in [0.15, 0.2) is 0 Å². The van der Waals surface area contributed by atoms with E-state index in [2.05, 4.69) is 10.6 Å². The molecule has 1 saturated heterocycles. The van der Waals surface area contributed by atoms with E-state index in [1.54, 1.807) is 0 Å². The average Bonchev–Trinajstić information content (AvgIpc) is 2.74. The molecule has 2 rings (SSSR count). The minimum atomic E-state index is -1.12. The molecule has 4 unspecified atom stereocenters. The number of nitrogens with one attached hydrogen (secondary N) is 2. The van der Waals surface area contributed by atoms with E-state index < -0.39 is 17.5 Å². The van der Waals surface area contributed by atoms with Crippen LogP contribution in [-0.2, 0) is 9.53 Å². The van der Waals surface area contributed by atoms with Gasteiger partial charge >= 0.3 is 12.0 Å². The summed E-state index contributed by atoms with van der Waals surface area (Å²) >= 11 is 0. The lowest BCUT2D eigenvalue weighted by molar-refractivity contribution is -0.146. The van der Waals surface area contributed by atoms with E-state index >= 15 is 0 Å². The number of ether oxygens (including phenoxy) is 1. The molecule has 2 fully saturated rings. The summed E-state index contributed by atoms with van der Waals surface area (Å²) in [6.07, 6.45) is 3.59. The van der Waals surface area contributed by atoms with Crippen LogP contribution in [0, 0.1) is 5.92 Å². The quantitative estimate of drug-likeness (QED) is 0.733. The first-order valence-electron chi connectivity index (χ1n) is 7.36. The molecule has 2 amide bonds. The van der Waals surface area contributed by atoms with Crippen LogP contribution in [-0.4, -0.2) is 41.4 Å². The molecule has 3 N–H and O–H groups in total. The molecule has 2 aliphatic rings. The second kappa shape index (κ2) is 5.99. The number of carbonyl (C=O) groups is 2. The van der Waals surface area contributed by atoms with Gasteiger partial charge in [-0.05, 0) is 32.1 Å². The van der Waals surface area contributed by atoms with Crippen LogP contribution in [0.1, 0.15) is 46.0 Å². The minimum absolute atomic E-state index is 0.0215. The minimum Gasteiger partial charge on any atom is -0.480 e. The number of hydrogen-bond acceptors (Lipinski definition) is 3. The van der Waals surface area contributed by atoms with Crippen LogP contribution in [0.15, 0.2) is 0 Å². The Balaban J connectivity index is 1.97. The summed E-state index contributed by atoms with van der Waals surface area (Å²) in [4.78, 5) is 23.7. The van der Waals surface area contributed by atoms with E-state index in [4.69, 9.17) is 4.74 Å². The topological polar surface area (TPSA) is 87.7 Å². The number of rotatable bonds is 3. The normalized spacial score (nSPS) is 37.4. The molecule has 0 aromatic carbocycles. The fourth-order valence-corrected chi connectivity index (χ4v) is 3.26. The van der Waals surface area contributed by atoms with Gasteiger partial charge in [-0.2, -0.15) is 0 Å². The third-order valence-corrected chi connectivity index (χ3v) is 4.45. The van der Waals surface area contributed by atoms with Crippen LogP contribution in [0.3, 0.4) is 0 Å². The number of carbonyl (C=O) groups excluding carboxylic acids is 1. The van der Waals surface area contributed by atoms with Gasteiger partial charge in [-0.1, -0.05) is 19.8 Å². The maximum absolute atomic E-state index is 12.1. The van der Waals surface area contributed by atoms with Crippen molar-refractivity contribution < 1.29 is 19.4 Å². The highest BCUT2D eigenvalue weighted by atomic mass is 16.5. The summed E-state index contributed by atoms with van der Waals surface area (Å²) in [6.45, 7) is 4.57. The van der Waals surface area contributed by atoms with Crippen molar-refractivity contribution in [2.24, 2.45) is 5.92 Å². The van der Waals surface area contributed by atoms with E-state index in [0.29, 0.717) is 25.4 Å². The van der Waals surface area contributed by atoms with E-state index in [1.807, 2.05) is 13.8 Å². The molecule has 0 aromatic heterocycles. The number of carboxylic acids is 1. The Morgan fingerprint density at radius 3 is 2.60 bits per heavy atom. The Labute approximate surface area is 119 Å². The van der Waals surface area contributed by atoms with E-state index in [1.165, 1.54) is 0 Å². The third kappa shape index (κ3) is 3.23. The third-order valence-electron chi connectivity index (χ3n) is 4.45. The van der Waals surface area contributed by atoms with Crippen LogP contribution >= 0.6 is 0 Å². The van der Waals surface area contributed by atoms with Gasteiger partial charge in [0, 0.05) is 6.61 Å². The van der Waals surface area contributed by atoms with Crippen LogP contribution in [0.4, 0.5) is 4.79 Å². The second-order valence-corrected chi connectivity index (χ2v) is 6.16. The summed E-state index contributed by atoms with van der Waals surface area (Å²) in [6, 6.07) is -0.439. The van der Waals surface area contributed by atoms with Crippen molar-refractivity contribution in [1.82, 2.24) is 10.6 Å². The highest BCUT2D eigenvalue weighted by molar-refractivity contribution is 5.86. The second-order valence-electron chi connectivity index (χ2n) is 6.16. The molecule has 20 heavy (non-hydrogen) atoms. The molecule has 6 heteroatoms. The predicted octanol–water partition coefficient (Wildman–Crippen LogP) is 1.50. The van der Waals surface area contributed by atoms with Crippen molar-refractivity contribution in [1.29, 1.82) is 0 Å². The Morgan fingerprint density at radius 1 is 1.30 bits per heavy atom. The maximum atomic E-state index is 12.1. The van der Waals surface area contributed by atoms with Crippen molar-refractivity contribution in [3.63, 3.8) is 0 Å². The van der Waals surface area contributed by atoms with Crippen LogP contribution < -0.4 is 10.6 Å². The molecule has 0 spiro atoms. The number of hydrogen-bond donors (Lipinski definition) is 3. The highest BCUT2D eigenvalue weighted by Gasteiger charge is 2.43. The molecule has 1 aliphatic heterocycles. The zero-order chi connectivity index (χ0) is 14.8. The molecule has 1 heterocycles. The first kappa shape index (κ1) is 15.1. The SMILES string of the molecule is CC1CCCC(NC(=O)NC2CCOC2C)(C(=O)O)C1. The lowest BCUT2D eigenvalue weighted by Crippen LogP contribution is -2.60. The summed E-state index contributed by atoms with van der Waals surface area (Å²) in [5, 5.41) is 15.0. The van der Waals surface area contributed by atoms with E-state index in [9.17, 15) is 14.7 Å². The monoisotopic (exact) mass is 284 g/mol. The largest absolute Gasteiger partial charge is 0.480 e. The van der Waals surface area contributed by atoms with Gasteiger partial charge in [0.2, 0.25) is 0 Å². The zero-order valence-corrected chi connectivity index (χ0v) is 12.1. The summed E-state index contributed by atoms with van der Waals surface area (Å²) < 4.78 is 5.39. The van der Waals surface area contributed by atoms with E-state index in [-0.39, 0.29) is 12.1 Å². The number of urea groups is 1. The van der Waals surface area contributed by atoms with Crippen molar-refractivity contribution in [2.45, 2.75) is 63.6 Å². The molecule has 4 atom stereocenters. The summed E-state index contributed by atoms with van der Waals surface area (Å²) in [7, 11) is 0. The molecule has 0 radical (unpaired) electrons. The van der Waals surface area contributed by atoms with Gasteiger partial charge < -0.3 is 20.5 Å². The maximum Gasteiger partial charge on any atom is 0.329 e. The van der Waals surface area contributed by atoms with E-state index in [0.717, 1.165) is 19.3 Å². The fourth-order valence-electron chi connectivity index (χ4n) is 3.26. The number of carboxylic acid groups (broad SMARTS) is 1. The van der Waals surface area contributed by atoms with Crippen molar-refractivity contribution >= 4 is 12.0 Å². The van der Waals surface area contributed by atoms with Crippen LogP contribution in [0.2, 0.25) is 0 Å². The van der Waals surface area contributed by atoms with Gasteiger partial charge in [0.1, 0.15) is 5.54 Å². The Kier molecular flexibility index (Phi) is 4.52. The van der Waals surface area contributed by atoms with Gasteiger partial charge in [0.25, 0.3) is 0 Å².